The van der Waals surface area contributed by atoms with Gasteiger partial charge in [0.05, 0.1) is 11.1 Å². The Hall–Kier alpha value is -2.05. The molecular weight excluding hydrogens is 234 g/mol. The molecule has 3 nitrogen and oxygen atoms in total. The van der Waals surface area contributed by atoms with E-state index in [0.717, 1.165) is 11.1 Å². The summed E-state index contributed by atoms with van der Waals surface area (Å²) in [6, 6.07) is 10.5. The highest BCUT2D eigenvalue weighted by atomic mass is 15.0. The first-order chi connectivity index (χ1) is 8.97. The number of nitrogens with two attached hydrogens (primary N) is 1. The number of nitriles is 1. The van der Waals surface area contributed by atoms with Gasteiger partial charge in [0.25, 0.3) is 0 Å². The molecule has 0 radical (unpaired) electrons. The van der Waals surface area contributed by atoms with E-state index in [4.69, 9.17) is 5.73 Å². The second-order valence-electron chi connectivity index (χ2n) is 5.49. The van der Waals surface area contributed by atoms with Crippen molar-refractivity contribution in [1.29, 1.82) is 5.26 Å². The summed E-state index contributed by atoms with van der Waals surface area (Å²) < 4.78 is 2.03. The molecule has 98 valence electrons. The predicted octanol–water partition coefficient (Wildman–Crippen LogP) is 3.03. The van der Waals surface area contributed by atoms with Crippen molar-refractivity contribution in [1.82, 2.24) is 4.57 Å². The van der Waals surface area contributed by atoms with Gasteiger partial charge in [-0.25, -0.2) is 0 Å². The Labute approximate surface area is 114 Å². The fraction of sp³-hybridized carbons (Fsp3) is 0.312. The van der Waals surface area contributed by atoms with Gasteiger partial charge in [0.1, 0.15) is 6.07 Å². The van der Waals surface area contributed by atoms with Crippen LogP contribution in [0.4, 0.5) is 0 Å². The van der Waals surface area contributed by atoms with E-state index in [1.807, 2.05) is 29.1 Å². The SMILES string of the molecule is Cc1ccc(-c2cn(C(C)(C)CN)cc2C#N)cc1. The fourth-order valence-electron chi connectivity index (χ4n) is 1.96. The van der Waals surface area contributed by atoms with Crippen molar-refractivity contribution in [2.75, 3.05) is 6.54 Å². The van der Waals surface area contributed by atoms with Gasteiger partial charge in [-0.3, -0.25) is 0 Å². The molecule has 19 heavy (non-hydrogen) atoms. The topological polar surface area (TPSA) is 54.7 Å². The zero-order chi connectivity index (χ0) is 14.0. The molecule has 0 atom stereocenters. The number of aryl methyl sites for hydroxylation is 1. The van der Waals surface area contributed by atoms with Gasteiger partial charge in [-0.2, -0.15) is 5.26 Å². The Bertz CT molecular complexity index is 612. The maximum atomic E-state index is 9.29. The molecule has 2 N–H and O–H groups in total. The summed E-state index contributed by atoms with van der Waals surface area (Å²) in [6.07, 6.45) is 3.89. The third-order valence-corrected chi connectivity index (χ3v) is 3.51. The molecule has 0 spiro atoms. The van der Waals surface area contributed by atoms with Gasteiger partial charge in [-0.1, -0.05) is 29.8 Å². The van der Waals surface area contributed by atoms with Crippen LogP contribution in [0.5, 0.6) is 0 Å². The van der Waals surface area contributed by atoms with Gasteiger partial charge in [-0.15, -0.1) is 0 Å². The molecule has 1 heterocycles. The highest BCUT2D eigenvalue weighted by Crippen LogP contribution is 2.27. The number of benzene rings is 1. The monoisotopic (exact) mass is 253 g/mol. The number of rotatable bonds is 3. The molecule has 0 amide bonds. The van der Waals surface area contributed by atoms with Crippen LogP contribution < -0.4 is 5.73 Å². The van der Waals surface area contributed by atoms with Crippen molar-refractivity contribution in [3.63, 3.8) is 0 Å². The van der Waals surface area contributed by atoms with Crippen molar-refractivity contribution in [3.8, 4) is 17.2 Å². The Morgan fingerprint density at radius 2 is 1.84 bits per heavy atom. The Morgan fingerprint density at radius 3 is 2.37 bits per heavy atom. The zero-order valence-electron chi connectivity index (χ0n) is 11.6. The molecule has 2 aromatic rings. The average Bonchev–Trinajstić information content (AvgIpc) is 2.84. The minimum Gasteiger partial charge on any atom is -0.346 e. The first-order valence-electron chi connectivity index (χ1n) is 6.37. The first kappa shape index (κ1) is 13.4. The van der Waals surface area contributed by atoms with Crippen molar-refractivity contribution < 1.29 is 0 Å². The Kier molecular flexibility index (Phi) is 3.46. The van der Waals surface area contributed by atoms with Crippen LogP contribution >= 0.6 is 0 Å². The zero-order valence-corrected chi connectivity index (χ0v) is 11.6. The molecular formula is C16H19N3. The molecule has 3 heteroatoms. The van der Waals surface area contributed by atoms with Gasteiger partial charge < -0.3 is 10.3 Å². The van der Waals surface area contributed by atoms with Crippen LogP contribution in [0.1, 0.15) is 25.0 Å². The van der Waals surface area contributed by atoms with E-state index >= 15 is 0 Å². The molecule has 2 rings (SSSR count). The molecule has 0 saturated heterocycles. The standard InChI is InChI=1S/C16H19N3/c1-12-4-6-13(7-5-12)15-10-19(9-14(15)8-17)16(2,3)11-18/h4-7,9-10H,11,18H2,1-3H3. The van der Waals surface area contributed by atoms with Crippen LogP contribution in [-0.2, 0) is 5.54 Å². The number of hydrogen-bond donors (Lipinski definition) is 1. The van der Waals surface area contributed by atoms with E-state index in [0.29, 0.717) is 12.1 Å². The van der Waals surface area contributed by atoms with E-state index in [1.165, 1.54) is 5.56 Å². The first-order valence-corrected chi connectivity index (χ1v) is 6.37. The highest BCUT2D eigenvalue weighted by Gasteiger charge is 2.20. The summed E-state index contributed by atoms with van der Waals surface area (Å²) in [6.45, 7) is 6.71. The van der Waals surface area contributed by atoms with E-state index in [9.17, 15) is 5.26 Å². The molecule has 0 fully saturated rings. The largest absolute Gasteiger partial charge is 0.346 e. The molecule has 1 aromatic carbocycles. The summed E-state index contributed by atoms with van der Waals surface area (Å²) in [7, 11) is 0. The minimum atomic E-state index is -0.186. The fourth-order valence-corrected chi connectivity index (χ4v) is 1.96. The normalized spacial score (nSPS) is 11.3. The molecule has 1 aromatic heterocycles. The lowest BCUT2D eigenvalue weighted by atomic mass is 10.0. The average molecular weight is 253 g/mol. The van der Waals surface area contributed by atoms with Crippen molar-refractivity contribution in [2.24, 2.45) is 5.73 Å². The molecule has 0 aliphatic heterocycles. The summed E-state index contributed by atoms with van der Waals surface area (Å²) in [5.74, 6) is 0. The van der Waals surface area contributed by atoms with Crippen LogP contribution in [0.3, 0.4) is 0 Å². The second kappa shape index (κ2) is 4.91. The van der Waals surface area contributed by atoms with E-state index < -0.39 is 0 Å². The van der Waals surface area contributed by atoms with Crippen LogP contribution in [0, 0.1) is 18.3 Å². The number of nitrogens with zero attached hydrogens (tertiary/aromatic N) is 2. The Balaban J connectivity index is 2.52. The lowest BCUT2D eigenvalue weighted by molar-refractivity contribution is 0.368. The lowest BCUT2D eigenvalue weighted by Crippen LogP contribution is -2.33. The summed E-state index contributed by atoms with van der Waals surface area (Å²) >= 11 is 0. The molecule has 0 aliphatic carbocycles. The third kappa shape index (κ3) is 2.54. The van der Waals surface area contributed by atoms with Gasteiger partial charge in [0, 0.05) is 24.5 Å². The van der Waals surface area contributed by atoms with E-state index in [-0.39, 0.29) is 5.54 Å². The smallest absolute Gasteiger partial charge is 0.101 e. The predicted molar refractivity (Wildman–Crippen MR) is 77.7 cm³/mol. The van der Waals surface area contributed by atoms with Gasteiger partial charge in [0.15, 0.2) is 0 Å². The van der Waals surface area contributed by atoms with Crippen molar-refractivity contribution >= 4 is 0 Å². The summed E-state index contributed by atoms with van der Waals surface area (Å²) in [5.41, 5.74) is 9.53. The van der Waals surface area contributed by atoms with Crippen LogP contribution in [0.25, 0.3) is 11.1 Å². The highest BCUT2D eigenvalue weighted by molar-refractivity contribution is 5.70. The van der Waals surface area contributed by atoms with E-state index in [2.05, 4.69) is 39.0 Å². The maximum absolute atomic E-state index is 9.29. The van der Waals surface area contributed by atoms with Crippen molar-refractivity contribution in [3.05, 3.63) is 47.8 Å². The third-order valence-electron chi connectivity index (χ3n) is 3.51. The van der Waals surface area contributed by atoms with Gasteiger partial charge in [0.2, 0.25) is 0 Å². The summed E-state index contributed by atoms with van der Waals surface area (Å²) in [5, 5.41) is 9.29. The van der Waals surface area contributed by atoms with Crippen LogP contribution in [-0.4, -0.2) is 11.1 Å². The van der Waals surface area contributed by atoms with Crippen LogP contribution in [0.15, 0.2) is 36.7 Å². The van der Waals surface area contributed by atoms with Crippen LogP contribution in [0.2, 0.25) is 0 Å². The second-order valence-corrected chi connectivity index (χ2v) is 5.49. The molecule has 0 aliphatic rings. The minimum absolute atomic E-state index is 0.186. The maximum Gasteiger partial charge on any atom is 0.101 e. The lowest BCUT2D eigenvalue weighted by Gasteiger charge is -2.24. The number of aromatic nitrogens is 1. The Morgan fingerprint density at radius 1 is 1.21 bits per heavy atom. The molecule has 0 unspecified atom stereocenters. The van der Waals surface area contributed by atoms with Gasteiger partial charge in [-0.05, 0) is 26.3 Å². The molecule has 0 bridgehead atoms. The summed E-state index contributed by atoms with van der Waals surface area (Å²) in [4.78, 5) is 0. The van der Waals surface area contributed by atoms with Gasteiger partial charge >= 0.3 is 0 Å². The number of hydrogen-bond acceptors (Lipinski definition) is 2. The molecule has 0 saturated carbocycles. The van der Waals surface area contributed by atoms with Crippen molar-refractivity contribution in [2.45, 2.75) is 26.3 Å². The quantitative estimate of drug-likeness (QED) is 0.914. The van der Waals surface area contributed by atoms with E-state index in [1.54, 1.807) is 0 Å².